The van der Waals surface area contributed by atoms with Crippen LogP contribution in [-0.4, -0.2) is 42.0 Å². The van der Waals surface area contributed by atoms with Gasteiger partial charge in [-0.05, 0) is 37.9 Å². The molecule has 1 N–H and O–H groups in total. The van der Waals surface area contributed by atoms with Crippen LogP contribution in [0.5, 0.6) is 0 Å². The molecule has 0 aromatic carbocycles. The van der Waals surface area contributed by atoms with Crippen molar-refractivity contribution in [3.05, 3.63) is 29.6 Å². The Kier molecular flexibility index (Phi) is 5.80. The number of aromatic nitrogens is 1. The number of hydrogen-bond acceptors (Lipinski definition) is 3. The van der Waals surface area contributed by atoms with Crippen LogP contribution >= 0.6 is 24.8 Å². The van der Waals surface area contributed by atoms with Crippen molar-refractivity contribution >= 4 is 30.7 Å². The van der Waals surface area contributed by atoms with Crippen LogP contribution in [0.1, 0.15) is 28.9 Å². The number of carbonyl (C=O) groups is 1. The smallest absolute Gasteiger partial charge is 0.272 e. The minimum atomic E-state index is 0. The molecule has 6 heteroatoms. The average molecular weight is 318 g/mol. The molecule has 1 aromatic rings. The standard InChI is InChI=1S/C14H19N3O.2ClH/c1-11-3-2-6-16-12(11)13(18)17-8-5-14(10-17)4-7-15-9-14;;/h2-3,6,15H,4-5,7-10H2,1H3;2*1H. The van der Waals surface area contributed by atoms with Crippen LogP contribution in [0.2, 0.25) is 0 Å². The molecule has 1 spiro atoms. The lowest BCUT2D eigenvalue weighted by atomic mass is 9.86. The summed E-state index contributed by atoms with van der Waals surface area (Å²) in [5.74, 6) is 0.0943. The van der Waals surface area contributed by atoms with Gasteiger partial charge in [-0.15, -0.1) is 24.8 Å². The predicted molar refractivity (Wildman–Crippen MR) is 83.9 cm³/mol. The average Bonchev–Trinajstić information content (AvgIpc) is 3.00. The lowest BCUT2D eigenvalue weighted by molar-refractivity contribution is 0.0769. The maximum absolute atomic E-state index is 12.5. The minimum Gasteiger partial charge on any atom is -0.337 e. The largest absolute Gasteiger partial charge is 0.337 e. The predicted octanol–water partition coefficient (Wildman–Crippen LogP) is 2.06. The van der Waals surface area contributed by atoms with Crippen molar-refractivity contribution in [1.29, 1.82) is 0 Å². The number of likely N-dealkylation sites (tertiary alicyclic amines) is 1. The summed E-state index contributed by atoms with van der Waals surface area (Å²) >= 11 is 0. The van der Waals surface area contributed by atoms with Gasteiger partial charge in [0.25, 0.3) is 5.91 Å². The van der Waals surface area contributed by atoms with E-state index < -0.39 is 0 Å². The van der Waals surface area contributed by atoms with Crippen molar-refractivity contribution in [2.24, 2.45) is 5.41 Å². The molecule has 1 atom stereocenters. The number of aryl methyl sites for hydroxylation is 1. The first-order valence-corrected chi connectivity index (χ1v) is 6.62. The van der Waals surface area contributed by atoms with E-state index in [0.29, 0.717) is 11.1 Å². The molecule has 20 heavy (non-hydrogen) atoms. The summed E-state index contributed by atoms with van der Waals surface area (Å²) in [6.45, 7) is 5.84. The fourth-order valence-corrected chi connectivity index (χ4v) is 3.11. The maximum atomic E-state index is 12.5. The number of rotatable bonds is 1. The number of carbonyl (C=O) groups excluding carboxylic acids is 1. The van der Waals surface area contributed by atoms with E-state index in [4.69, 9.17) is 0 Å². The van der Waals surface area contributed by atoms with Crippen molar-refractivity contribution in [3.8, 4) is 0 Å². The zero-order valence-corrected chi connectivity index (χ0v) is 13.2. The van der Waals surface area contributed by atoms with E-state index >= 15 is 0 Å². The zero-order chi connectivity index (χ0) is 12.6. The molecule has 2 saturated heterocycles. The Labute approximate surface area is 132 Å². The molecule has 112 valence electrons. The van der Waals surface area contributed by atoms with Gasteiger partial charge >= 0.3 is 0 Å². The molecule has 1 aromatic heterocycles. The second-order valence-electron chi connectivity index (χ2n) is 5.57. The summed E-state index contributed by atoms with van der Waals surface area (Å²) in [5, 5.41) is 3.41. The number of nitrogens with one attached hydrogen (secondary N) is 1. The highest BCUT2D eigenvalue weighted by Gasteiger charge is 2.42. The van der Waals surface area contributed by atoms with Gasteiger partial charge in [0.2, 0.25) is 0 Å². The molecule has 0 saturated carbocycles. The highest BCUT2D eigenvalue weighted by molar-refractivity contribution is 5.93. The fourth-order valence-electron chi connectivity index (χ4n) is 3.11. The maximum Gasteiger partial charge on any atom is 0.272 e. The molecule has 3 rings (SSSR count). The van der Waals surface area contributed by atoms with E-state index in [1.54, 1.807) is 6.20 Å². The summed E-state index contributed by atoms with van der Waals surface area (Å²) in [4.78, 5) is 18.7. The summed E-state index contributed by atoms with van der Waals surface area (Å²) in [5.41, 5.74) is 1.91. The van der Waals surface area contributed by atoms with Gasteiger partial charge in [0.05, 0.1) is 0 Å². The summed E-state index contributed by atoms with van der Waals surface area (Å²) in [6.07, 6.45) is 4.01. The molecular formula is C14H21Cl2N3O. The highest BCUT2D eigenvalue weighted by Crippen LogP contribution is 2.36. The van der Waals surface area contributed by atoms with Crippen LogP contribution in [0, 0.1) is 12.3 Å². The normalized spacial score (nSPS) is 24.4. The Morgan fingerprint density at radius 1 is 1.40 bits per heavy atom. The summed E-state index contributed by atoms with van der Waals surface area (Å²) in [7, 11) is 0. The Morgan fingerprint density at radius 3 is 2.85 bits per heavy atom. The van der Waals surface area contributed by atoms with E-state index in [-0.39, 0.29) is 30.7 Å². The Balaban J connectivity index is 0.000001000. The topological polar surface area (TPSA) is 45.2 Å². The van der Waals surface area contributed by atoms with Crippen molar-refractivity contribution in [2.45, 2.75) is 19.8 Å². The van der Waals surface area contributed by atoms with E-state index in [1.807, 2.05) is 24.0 Å². The van der Waals surface area contributed by atoms with E-state index in [9.17, 15) is 4.79 Å². The summed E-state index contributed by atoms with van der Waals surface area (Å²) in [6, 6.07) is 3.82. The lowest BCUT2D eigenvalue weighted by Gasteiger charge is -2.22. The van der Waals surface area contributed by atoms with Crippen LogP contribution in [0.4, 0.5) is 0 Å². The SMILES string of the molecule is Cc1cccnc1C(=O)N1CCC2(CCNC2)C1.Cl.Cl. The Morgan fingerprint density at radius 2 is 2.20 bits per heavy atom. The third kappa shape index (κ3) is 3.08. The number of nitrogens with zero attached hydrogens (tertiary/aromatic N) is 2. The zero-order valence-electron chi connectivity index (χ0n) is 11.6. The van der Waals surface area contributed by atoms with Crippen LogP contribution in [-0.2, 0) is 0 Å². The van der Waals surface area contributed by atoms with Gasteiger partial charge in [0, 0.05) is 31.2 Å². The molecular weight excluding hydrogens is 297 g/mol. The molecule has 4 nitrogen and oxygen atoms in total. The molecule has 1 unspecified atom stereocenters. The van der Waals surface area contributed by atoms with E-state index in [1.165, 1.54) is 6.42 Å². The monoisotopic (exact) mass is 317 g/mol. The Bertz CT molecular complexity index is 475. The second kappa shape index (κ2) is 6.74. The molecule has 2 aliphatic rings. The fraction of sp³-hybridized carbons (Fsp3) is 0.571. The minimum absolute atomic E-state index is 0. The second-order valence-corrected chi connectivity index (χ2v) is 5.57. The Hall–Kier alpha value is -0.840. The first kappa shape index (κ1) is 17.2. The van der Waals surface area contributed by atoms with Gasteiger partial charge in [-0.1, -0.05) is 6.07 Å². The molecule has 0 aliphatic carbocycles. The number of pyridine rings is 1. The quantitative estimate of drug-likeness (QED) is 0.862. The first-order chi connectivity index (χ1) is 8.70. The van der Waals surface area contributed by atoms with E-state index in [2.05, 4.69) is 10.3 Å². The van der Waals surface area contributed by atoms with Crippen LogP contribution in [0.3, 0.4) is 0 Å². The van der Waals surface area contributed by atoms with Crippen LogP contribution in [0.25, 0.3) is 0 Å². The van der Waals surface area contributed by atoms with Crippen molar-refractivity contribution in [2.75, 3.05) is 26.2 Å². The number of amides is 1. The van der Waals surface area contributed by atoms with Gasteiger partial charge < -0.3 is 10.2 Å². The molecule has 2 fully saturated rings. The lowest BCUT2D eigenvalue weighted by Crippen LogP contribution is -2.34. The van der Waals surface area contributed by atoms with E-state index in [0.717, 1.165) is 38.2 Å². The molecule has 1 amide bonds. The van der Waals surface area contributed by atoms with Crippen LogP contribution in [0.15, 0.2) is 18.3 Å². The summed E-state index contributed by atoms with van der Waals surface area (Å²) < 4.78 is 0. The van der Waals surface area contributed by atoms with Crippen molar-refractivity contribution in [1.82, 2.24) is 15.2 Å². The third-order valence-corrected chi connectivity index (χ3v) is 4.27. The van der Waals surface area contributed by atoms with Crippen molar-refractivity contribution < 1.29 is 4.79 Å². The molecule has 2 aliphatic heterocycles. The molecule has 0 bridgehead atoms. The van der Waals surface area contributed by atoms with Gasteiger partial charge in [0.1, 0.15) is 5.69 Å². The number of halogens is 2. The highest BCUT2D eigenvalue weighted by atomic mass is 35.5. The van der Waals surface area contributed by atoms with Gasteiger partial charge in [0.15, 0.2) is 0 Å². The van der Waals surface area contributed by atoms with Gasteiger partial charge in [-0.2, -0.15) is 0 Å². The third-order valence-electron chi connectivity index (χ3n) is 4.27. The molecule has 3 heterocycles. The first-order valence-electron chi connectivity index (χ1n) is 6.62. The van der Waals surface area contributed by atoms with Crippen molar-refractivity contribution in [3.63, 3.8) is 0 Å². The number of hydrogen-bond donors (Lipinski definition) is 1. The van der Waals surface area contributed by atoms with Crippen LogP contribution < -0.4 is 5.32 Å². The van der Waals surface area contributed by atoms with Gasteiger partial charge in [-0.25, -0.2) is 0 Å². The molecule has 0 radical (unpaired) electrons. The van der Waals surface area contributed by atoms with Gasteiger partial charge in [-0.3, -0.25) is 9.78 Å².